The monoisotopic (exact) mass is 1010 g/mol. The predicted octanol–water partition coefficient (Wildman–Crippen LogP) is 16.7. The van der Waals surface area contributed by atoms with Crippen LogP contribution in [0.2, 0.25) is 0 Å². The number of aliphatic hydroxyl groups is 1. The minimum absolute atomic E-state index is 0.0202. The summed E-state index contributed by atoms with van der Waals surface area (Å²) in [6, 6.07) is -0.931. The summed E-state index contributed by atoms with van der Waals surface area (Å²) in [4.78, 5) is 25.5. The number of quaternary nitrogens is 1. The number of nitrogens with one attached hydrogen (secondary N) is 1. The van der Waals surface area contributed by atoms with Gasteiger partial charge in [0.25, 0.3) is 7.82 Å². The zero-order chi connectivity index (χ0) is 52.0. The standard InChI is InChI=1S/C62H107N2O6P/c1-6-8-10-12-14-16-18-20-22-24-26-28-30-31-32-33-34-36-38-40-42-44-46-48-50-52-54-56-62(66)63-60(59-70-71(67,68)69-58-57-64(3,4)5)61(65)55-53-51-49-47-45-43-41-39-37-35-29-27-25-23-21-19-17-15-13-11-9-7-2/h8,10,14,16,20,22,26,28,31-32,34,36-37,39-40,42,45,47,53,55,60-61,65H,6-7,9,11-13,15,17-19,21,23-25,27,29-30,33,35,38,41,43-44,46,48-52,54,56-59H2,1-5H3,(H-,63,66,67,68)/b10-8-,16-14-,22-20-,28-26-,32-31-,36-34-,39-37+,42-40-,47-45+,55-53+. The SMILES string of the molecule is CC/C=C\C/C=C\C/C=C\C/C=C\C/C=C\C/C=C\C/C=C\CCCCCCCC(=O)NC(COP(=O)([O-])OCC[N+](C)(C)C)C(O)/C=C/CC/C=C/CC/C=C/CCCCCCCCCCCCCC. The van der Waals surface area contributed by atoms with Gasteiger partial charge in [-0.15, -0.1) is 0 Å². The molecule has 0 radical (unpaired) electrons. The second-order valence-electron chi connectivity index (χ2n) is 19.9. The molecule has 9 heteroatoms. The van der Waals surface area contributed by atoms with Crippen molar-refractivity contribution in [3.8, 4) is 0 Å². The van der Waals surface area contributed by atoms with Crippen LogP contribution in [0, 0.1) is 0 Å². The number of carbonyl (C=O) groups excluding carboxylic acids is 1. The maximum absolute atomic E-state index is 13.0. The lowest BCUT2D eigenvalue weighted by Crippen LogP contribution is -2.45. The fourth-order valence-corrected chi connectivity index (χ4v) is 8.18. The van der Waals surface area contributed by atoms with E-state index in [4.69, 9.17) is 9.05 Å². The molecule has 0 bridgehead atoms. The highest BCUT2D eigenvalue weighted by Gasteiger charge is 2.23. The van der Waals surface area contributed by atoms with E-state index in [0.717, 1.165) is 109 Å². The average molecular weight is 1010 g/mol. The normalized spacial score (nSPS) is 14.9. The quantitative estimate of drug-likeness (QED) is 0.0272. The number of hydrogen-bond donors (Lipinski definition) is 2. The predicted molar refractivity (Wildman–Crippen MR) is 306 cm³/mol. The Balaban J connectivity index is 4.40. The Morgan fingerprint density at radius 2 is 0.873 bits per heavy atom. The largest absolute Gasteiger partial charge is 0.756 e. The summed E-state index contributed by atoms with van der Waals surface area (Å²) >= 11 is 0. The first-order valence-corrected chi connectivity index (χ1v) is 29.9. The number of nitrogens with zero attached hydrogens (tertiary/aromatic N) is 1. The number of amides is 1. The maximum Gasteiger partial charge on any atom is 0.268 e. The van der Waals surface area contributed by atoms with Gasteiger partial charge in [0.15, 0.2) is 0 Å². The third-order valence-electron chi connectivity index (χ3n) is 11.9. The van der Waals surface area contributed by atoms with Crippen LogP contribution in [0.4, 0.5) is 0 Å². The zero-order valence-electron chi connectivity index (χ0n) is 46.1. The molecule has 3 atom stereocenters. The summed E-state index contributed by atoms with van der Waals surface area (Å²) in [5, 5.41) is 13.8. The van der Waals surface area contributed by atoms with Gasteiger partial charge in [0.1, 0.15) is 13.2 Å². The second kappa shape index (κ2) is 51.8. The van der Waals surface area contributed by atoms with Gasteiger partial charge in [0.2, 0.25) is 5.91 Å². The molecular weight excluding hydrogens is 900 g/mol. The molecule has 0 aliphatic heterocycles. The number of unbranched alkanes of at least 4 members (excludes halogenated alkanes) is 19. The van der Waals surface area contributed by atoms with E-state index in [1.54, 1.807) is 6.08 Å². The molecule has 8 nitrogen and oxygen atoms in total. The van der Waals surface area contributed by atoms with Crippen LogP contribution in [0.1, 0.15) is 213 Å². The van der Waals surface area contributed by atoms with Crippen molar-refractivity contribution in [1.29, 1.82) is 0 Å². The Hall–Kier alpha value is -3.10. The molecule has 0 rings (SSSR count). The molecule has 1 amide bonds. The summed E-state index contributed by atoms with van der Waals surface area (Å²) < 4.78 is 23.3. The minimum Gasteiger partial charge on any atom is -0.756 e. The molecule has 2 N–H and O–H groups in total. The van der Waals surface area contributed by atoms with E-state index in [-0.39, 0.29) is 12.5 Å². The maximum atomic E-state index is 13.0. The van der Waals surface area contributed by atoms with E-state index in [1.165, 1.54) is 83.5 Å². The molecule has 0 saturated heterocycles. The summed E-state index contributed by atoms with van der Waals surface area (Å²) in [6.07, 6.45) is 77.0. The van der Waals surface area contributed by atoms with E-state index in [1.807, 2.05) is 27.2 Å². The Kier molecular flexibility index (Phi) is 49.5. The van der Waals surface area contributed by atoms with Crippen LogP contribution in [0.15, 0.2) is 122 Å². The van der Waals surface area contributed by atoms with Crippen molar-refractivity contribution in [2.24, 2.45) is 0 Å². The van der Waals surface area contributed by atoms with E-state index in [9.17, 15) is 19.4 Å². The molecule has 0 aromatic carbocycles. The van der Waals surface area contributed by atoms with Gasteiger partial charge in [-0.05, 0) is 103 Å². The third-order valence-corrected chi connectivity index (χ3v) is 12.8. The number of hydrogen-bond acceptors (Lipinski definition) is 6. The van der Waals surface area contributed by atoms with Gasteiger partial charge < -0.3 is 28.8 Å². The summed E-state index contributed by atoms with van der Waals surface area (Å²) in [5.74, 6) is -0.235. The molecule has 3 unspecified atom stereocenters. The lowest BCUT2D eigenvalue weighted by Gasteiger charge is -2.29. The van der Waals surface area contributed by atoms with Gasteiger partial charge in [-0.25, -0.2) is 0 Å². The summed E-state index contributed by atoms with van der Waals surface area (Å²) in [7, 11) is 1.20. The topological polar surface area (TPSA) is 108 Å². The van der Waals surface area contributed by atoms with Gasteiger partial charge >= 0.3 is 0 Å². The van der Waals surface area contributed by atoms with Crippen LogP contribution in [0.25, 0.3) is 0 Å². The van der Waals surface area contributed by atoms with Crippen molar-refractivity contribution in [2.45, 2.75) is 225 Å². The lowest BCUT2D eigenvalue weighted by atomic mass is 10.0. The Morgan fingerprint density at radius 1 is 0.507 bits per heavy atom. The number of aliphatic hydroxyl groups excluding tert-OH is 1. The smallest absolute Gasteiger partial charge is 0.268 e. The molecule has 0 spiro atoms. The van der Waals surface area contributed by atoms with E-state index < -0.39 is 26.6 Å². The molecule has 71 heavy (non-hydrogen) atoms. The van der Waals surface area contributed by atoms with Crippen LogP contribution in [0.5, 0.6) is 0 Å². The van der Waals surface area contributed by atoms with E-state index in [2.05, 4.69) is 129 Å². The molecule has 0 fully saturated rings. The second-order valence-corrected chi connectivity index (χ2v) is 21.3. The molecule has 0 aliphatic rings. The Morgan fingerprint density at radius 3 is 1.31 bits per heavy atom. The summed E-state index contributed by atoms with van der Waals surface area (Å²) in [6.45, 7) is 4.48. The van der Waals surface area contributed by atoms with Crippen LogP contribution in [0.3, 0.4) is 0 Å². The average Bonchev–Trinajstić information content (AvgIpc) is 3.33. The number of likely N-dealkylation sites (N-methyl/N-ethyl adjacent to an activating group) is 1. The highest BCUT2D eigenvalue weighted by Crippen LogP contribution is 2.38. The third kappa shape index (κ3) is 54.5. The number of carbonyl (C=O) groups is 1. The number of phosphoric acid groups is 1. The Bertz CT molecular complexity index is 1560. The van der Waals surface area contributed by atoms with Crippen LogP contribution in [-0.4, -0.2) is 68.5 Å². The van der Waals surface area contributed by atoms with Crippen molar-refractivity contribution in [2.75, 3.05) is 40.9 Å². The van der Waals surface area contributed by atoms with E-state index in [0.29, 0.717) is 17.4 Å². The first kappa shape index (κ1) is 67.9. The fourth-order valence-electron chi connectivity index (χ4n) is 7.46. The van der Waals surface area contributed by atoms with Gasteiger partial charge in [-0.1, -0.05) is 225 Å². The summed E-state index contributed by atoms with van der Waals surface area (Å²) in [5.41, 5.74) is 0. The highest BCUT2D eigenvalue weighted by atomic mass is 31.2. The molecular formula is C62H107N2O6P. The van der Waals surface area contributed by atoms with E-state index >= 15 is 0 Å². The highest BCUT2D eigenvalue weighted by molar-refractivity contribution is 7.45. The van der Waals surface area contributed by atoms with Crippen LogP contribution >= 0.6 is 7.82 Å². The number of rotatable bonds is 50. The van der Waals surface area contributed by atoms with Crippen molar-refractivity contribution < 1.29 is 32.9 Å². The molecule has 0 aromatic rings. The molecule has 0 saturated carbocycles. The number of allylic oxidation sites excluding steroid dienone is 19. The van der Waals surface area contributed by atoms with Crippen molar-refractivity contribution in [3.05, 3.63) is 122 Å². The van der Waals surface area contributed by atoms with Crippen molar-refractivity contribution in [3.63, 3.8) is 0 Å². The van der Waals surface area contributed by atoms with Gasteiger partial charge in [-0.2, -0.15) is 0 Å². The van der Waals surface area contributed by atoms with Crippen LogP contribution < -0.4 is 10.2 Å². The first-order chi connectivity index (χ1) is 34.5. The molecule has 406 valence electrons. The molecule has 0 heterocycles. The first-order valence-electron chi connectivity index (χ1n) is 28.4. The van der Waals surface area contributed by atoms with Gasteiger partial charge in [-0.3, -0.25) is 9.36 Å². The zero-order valence-corrected chi connectivity index (χ0v) is 47.0. The van der Waals surface area contributed by atoms with Gasteiger partial charge in [0.05, 0.1) is 39.9 Å². The Labute approximate surface area is 437 Å². The van der Waals surface area contributed by atoms with Gasteiger partial charge in [0, 0.05) is 6.42 Å². The molecule has 0 aromatic heterocycles. The fraction of sp³-hybridized carbons (Fsp3) is 0.661. The lowest BCUT2D eigenvalue weighted by molar-refractivity contribution is -0.870. The molecule has 0 aliphatic carbocycles. The minimum atomic E-state index is -4.62. The van der Waals surface area contributed by atoms with Crippen LogP contribution in [-0.2, 0) is 18.4 Å². The number of phosphoric ester groups is 1. The van der Waals surface area contributed by atoms with Crippen molar-refractivity contribution >= 4 is 13.7 Å². The van der Waals surface area contributed by atoms with Crippen molar-refractivity contribution in [1.82, 2.24) is 5.32 Å².